The zero-order chi connectivity index (χ0) is 52.9. The van der Waals surface area contributed by atoms with E-state index in [4.69, 9.17) is 15.0 Å². The highest BCUT2D eigenvalue weighted by Crippen LogP contribution is 2.46. The molecule has 0 N–H and O–H groups in total. The van der Waals surface area contributed by atoms with Crippen LogP contribution in [0, 0.1) is 0 Å². The molecule has 0 unspecified atom stereocenters. The Morgan fingerprint density at radius 3 is 1.04 bits per heavy atom. The van der Waals surface area contributed by atoms with E-state index in [0.29, 0.717) is 17.5 Å². The quantitative estimate of drug-likeness (QED) is 0.137. The van der Waals surface area contributed by atoms with Crippen LogP contribution in [0.5, 0.6) is 0 Å². The van der Waals surface area contributed by atoms with Crippen LogP contribution in [0.15, 0.2) is 297 Å². The van der Waals surface area contributed by atoms with Crippen molar-refractivity contribution in [1.82, 2.24) is 24.1 Å². The molecule has 5 heteroatoms. The lowest BCUT2D eigenvalue weighted by Gasteiger charge is -2.21. The van der Waals surface area contributed by atoms with Gasteiger partial charge in [0.25, 0.3) is 0 Å². The van der Waals surface area contributed by atoms with Crippen molar-refractivity contribution in [3.8, 4) is 101 Å². The van der Waals surface area contributed by atoms with Gasteiger partial charge in [-0.25, -0.2) is 15.0 Å². The van der Waals surface area contributed by atoms with Crippen LogP contribution in [0.1, 0.15) is 0 Å². The molecule has 0 bridgehead atoms. The van der Waals surface area contributed by atoms with Gasteiger partial charge >= 0.3 is 0 Å². The van der Waals surface area contributed by atoms with Crippen molar-refractivity contribution in [3.05, 3.63) is 297 Å². The Morgan fingerprint density at radius 2 is 0.550 bits per heavy atom. The lowest BCUT2D eigenvalue weighted by atomic mass is 9.92. The monoisotopic (exact) mass is 1020 g/mol. The zero-order valence-corrected chi connectivity index (χ0v) is 43.5. The van der Waals surface area contributed by atoms with E-state index in [2.05, 4.69) is 300 Å². The van der Waals surface area contributed by atoms with Gasteiger partial charge in [-0.1, -0.05) is 237 Å². The van der Waals surface area contributed by atoms with Gasteiger partial charge in [-0.3, -0.25) is 0 Å². The van der Waals surface area contributed by atoms with Crippen LogP contribution < -0.4 is 0 Å². The van der Waals surface area contributed by atoms with Gasteiger partial charge in [-0.15, -0.1) is 0 Å². The first kappa shape index (κ1) is 46.5. The highest BCUT2D eigenvalue weighted by Gasteiger charge is 2.25. The summed E-state index contributed by atoms with van der Waals surface area (Å²) in [5.74, 6) is 1.74. The fourth-order valence-electron chi connectivity index (χ4n) is 11.8. The minimum Gasteiger partial charge on any atom is -0.309 e. The van der Waals surface area contributed by atoms with E-state index < -0.39 is 0 Å². The Labute approximate surface area is 463 Å². The predicted molar refractivity (Wildman–Crippen MR) is 332 cm³/mol. The maximum atomic E-state index is 5.55. The Balaban J connectivity index is 1.01. The van der Waals surface area contributed by atoms with Crippen molar-refractivity contribution in [2.45, 2.75) is 0 Å². The van der Waals surface area contributed by atoms with E-state index in [-0.39, 0.29) is 0 Å². The second kappa shape index (κ2) is 19.7. The number of aromatic nitrogens is 5. The number of hydrogen-bond donors (Lipinski definition) is 0. The number of para-hydroxylation sites is 3. The Hall–Kier alpha value is -10.8. The molecular formula is C75H49N5. The molecular weight excluding hydrogens is 971 g/mol. The van der Waals surface area contributed by atoms with Gasteiger partial charge in [-0.05, 0) is 105 Å². The molecule has 0 atom stereocenters. The van der Waals surface area contributed by atoms with Crippen LogP contribution >= 0.6 is 0 Å². The second-order valence-electron chi connectivity index (χ2n) is 20.3. The fourth-order valence-corrected chi connectivity index (χ4v) is 11.8. The van der Waals surface area contributed by atoms with E-state index in [1.54, 1.807) is 0 Å². The van der Waals surface area contributed by atoms with Gasteiger partial charge < -0.3 is 9.13 Å². The molecule has 0 saturated heterocycles. The summed E-state index contributed by atoms with van der Waals surface area (Å²) in [6.45, 7) is 0. The molecule has 15 rings (SSSR count). The number of nitrogens with zero attached hydrogens (tertiary/aromatic N) is 5. The lowest BCUT2D eigenvalue weighted by Crippen LogP contribution is -2.04. The topological polar surface area (TPSA) is 48.5 Å². The summed E-state index contributed by atoms with van der Waals surface area (Å²) in [6.07, 6.45) is 0. The second-order valence-corrected chi connectivity index (χ2v) is 20.3. The largest absolute Gasteiger partial charge is 0.309 e. The molecule has 12 aromatic carbocycles. The highest BCUT2D eigenvalue weighted by atomic mass is 15.0. The number of fused-ring (bicyclic) bond motifs is 6. The Kier molecular flexibility index (Phi) is 11.4. The number of hydrogen-bond acceptors (Lipinski definition) is 3. The third-order valence-electron chi connectivity index (χ3n) is 15.5. The van der Waals surface area contributed by atoms with Crippen molar-refractivity contribution in [3.63, 3.8) is 0 Å². The molecule has 5 nitrogen and oxygen atoms in total. The van der Waals surface area contributed by atoms with Crippen molar-refractivity contribution < 1.29 is 0 Å². The van der Waals surface area contributed by atoms with Crippen LogP contribution in [0.3, 0.4) is 0 Å². The summed E-state index contributed by atoms with van der Waals surface area (Å²) >= 11 is 0. The maximum Gasteiger partial charge on any atom is 0.164 e. The third kappa shape index (κ3) is 8.15. The molecule has 0 spiro atoms. The minimum absolute atomic E-state index is 0.570. The molecule has 0 fully saturated rings. The first-order chi connectivity index (χ1) is 39.7. The van der Waals surface area contributed by atoms with Crippen LogP contribution in [-0.4, -0.2) is 24.1 Å². The predicted octanol–water partition coefficient (Wildman–Crippen LogP) is 19.4. The molecule has 0 radical (unpaired) electrons. The summed E-state index contributed by atoms with van der Waals surface area (Å²) in [4.78, 5) is 16.4. The van der Waals surface area contributed by atoms with Crippen molar-refractivity contribution in [1.29, 1.82) is 0 Å². The highest BCUT2D eigenvalue weighted by molar-refractivity contribution is 6.17. The molecule has 80 heavy (non-hydrogen) atoms. The molecule has 374 valence electrons. The fraction of sp³-hybridized carbons (Fsp3) is 0. The van der Waals surface area contributed by atoms with Crippen LogP contribution in [0.4, 0.5) is 0 Å². The average molecular weight is 1020 g/mol. The van der Waals surface area contributed by atoms with E-state index in [1.165, 1.54) is 32.6 Å². The van der Waals surface area contributed by atoms with E-state index in [1.807, 2.05) is 6.07 Å². The Bertz CT molecular complexity index is 4610. The standard InChI is InChI=1S/C75H49N5/c1-6-23-50(24-7-1)53-41-43-56(44-42-53)73-76-74(59-46-57(51-25-8-2-9-26-51)45-58(47-59)52-27-10-3-11-28-52)78-75(77-73)60-48-64(54-29-12-4-13-30-54)72(65(49-60)55-31-14-5-15-32-55)80-68-38-21-18-35-63(68)71-69(39-22-40-70(71)80)79-66-36-19-16-33-61(66)62-34-17-20-37-67(62)79/h1-49H. The van der Waals surface area contributed by atoms with E-state index in [0.717, 1.165) is 94.7 Å². The molecule has 15 aromatic rings. The van der Waals surface area contributed by atoms with Crippen molar-refractivity contribution in [2.75, 3.05) is 0 Å². The molecule has 0 aliphatic rings. The first-order valence-corrected chi connectivity index (χ1v) is 27.2. The maximum absolute atomic E-state index is 5.55. The molecule has 0 amide bonds. The molecule has 0 saturated carbocycles. The molecule has 0 aliphatic carbocycles. The minimum atomic E-state index is 0.570. The number of rotatable bonds is 10. The summed E-state index contributed by atoms with van der Waals surface area (Å²) in [6, 6.07) is 106. The molecule has 3 heterocycles. The first-order valence-electron chi connectivity index (χ1n) is 27.2. The number of benzene rings is 12. The summed E-state index contributed by atoms with van der Waals surface area (Å²) in [5.41, 5.74) is 20.3. The van der Waals surface area contributed by atoms with Crippen molar-refractivity contribution in [2.24, 2.45) is 0 Å². The van der Waals surface area contributed by atoms with Gasteiger partial charge in [0.05, 0.1) is 33.4 Å². The Morgan fingerprint density at radius 1 is 0.212 bits per heavy atom. The van der Waals surface area contributed by atoms with Crippen LogP contribution in [0.25, 0.3) is 145 Å². The SMILES string of the molecule is c1ccc(-c2ccc(-c3nc(-c4cc(-c5ccccc5)cc(-c5ccccc5)c4)nc(-c4cc(-c5ccccc5)c(-n5c6ccccc6c6c(-n7c8ccccc8c8ccccc87)cccc65)c(-c5ccccc5)c4)n3)cc2)cc1. The van der Waals surface area contributed by atoms with Gasteiger partial charge in [0.15, 0.2) is 17.5 Å². The van der Waals surface area contributed by atoms with Gasteiger partial charge in [0, 0.05) is 49.4 Å². The molecule has 3 aromatic heterocycles. The van der Waals surface area contributed by atoms with Gasteiger partial charge in [0.2, 0.25) is 0 Å². The average Bonchev–Trinajstić information content (AvgIpc) is 4.29. The lowest BCUT2D eigenvalue weighted by molar-refractivity contribution is 1.07. The van der Waals surface area contributed by atoms with Gasteiger partial charge in [-0.2, -0.15) is 0 Å². The third-order valence-corrected chi connectivity index (χ3v) is 15.5. The summed E-state index contributed by atoms with van der Waals surface area (Å²) in [7, 11) is 0. The molecule has 0 aliphatic heterocycles. The normalized spacial score (nSPS) is 11.5. The van der Waals surface area contributed by atoms with Crippen LogP contribution in [0.2, 0.25) is 0 Å². The van der Waals surface area contributed by atoms with Crippen molar-refractivity contribution >= 4 is 43.6 Å². The van der Waals surface area contributed by atoms with E-state index in [9.17, 15) is 0 Å². The van der Waals surface area contributed by atoms with Crippen LogP contribution in [-0.2, 0) is 0 Å². The summed E-state index contributed by atoms with van der Waals surface area (Å²) < 4.78 is 4.95. The smallest absolute Gasteiger partial charge is 0.164 e. The van der Waals surface area contributed by atoms with E-state index >= 15 is 0 Å². The summed E-state index contributed by atoms with van der Waals surface area (Å²) in [5, 5.41) is 4.80. The zero-order valence-electron chi connectivity index (χ0n) is 43.5. The van der Waals surface area contributed by atoms with Gasteiger partial charge in [0.1, 0.15) is 0 Å².